The number of hydrogen-bond donors (Lipinski definition) is 1. The first-order valence-corrected chi connectivity index (χ1v) is 11.3. The topological polar surface area (TPSA) is 85.1 Å². The molecular weight excluding hydrogens is 424 g/mol. The molecule has 5 rings (SSSR count). The van der Waals surface area contributed by atoms with Crippen LogP contribution in [0.15, 0.2) is 84.9 Å². The Bertz CT molecular complexity index is 1330. The van der Waals surface area contributed by atoms with Gasteiger partial charge in [-0.1, -0.05) is 48.5 Å². The number of nitrogens with zero attached hydrogens (tertiary/aromatic N) is 5. The summed E-state index contributed by atoms with van der Waals surface area (Å²) in [6, 6.07) is 29.2. The highest BCUT2D eigenvalue weighted by Gasteiger charge is 2.30. The standard InChI is InChI=1S/C27H24N6O/c28-19-22(27(34)29-20-9-3-1-4-10-20)25-26(31-24-14-8-7-13-23(24)30-25)33-17-15-32(16-18-33)21-11-5-2-6-12-21/h1-14,22H,15-18H2,(H,29,34)/t22-/m1/s1. The van der Waals surface area contributed by atoms with Crippen LogP contribution in [-0.2, 0) is 4.79 Å². The Kier molecular flexibility index (Phi) is 6.04. The van der Waals surface area contributed by atoms with Crippen molar-refractivity contribution in [2.45, 2.75) is 5.92 Å². The van der Waals surface area contributed by atoms with Gasteiger partial charge in [-0.25, -0.2) is 9.97 Å². The zero-order valence-corrected chi connectivity index (χ0v) is 18.6. The van der Waals surface area contributed by atoms with Gasteiger partial charge in [-0.15, -0.1) is 0 Å². The average molecular weight is 449 g/mol. The van der Waals surface area contributed by atoms with Crippen molar-refractivity contribution in [3.8, 4) is 6.07 Å². The van der Waals surface area contributed by atoms with Gasteiger partial charge in [-0.3, -0.25) is 4.79 Å². The van der Waals surface area contributed by atoms with Gasteiger partial charge in [0.05, 0.1) is 17.1 Å². The van der Waals surface area contributed by atoms with Gasteiger partial charge in [0, 0.05) is 37.6 Å². The maximum Gasteiger partial charge on any atom is 0.248 e. The second kappa shape index (κ2) is 9.59. The van der Waals surface area contributed by atoms with Crippen LogP contribution < -0.4 is 15.1 Å². The Morgan fingerprint density at radius 1 is 0.794 bits per heavy atom. The summed E-state index contributed by atoms with van der Waals surface area (Å²) >= 11 is 0. The number of aromatic nitrogens is 2. The lowest BCUT2D eigenvalue weighted by Gasteiger charge is -2.37. The number of carbonyl (C=O) groups is 1. The number of nitriles is 1. The zero-order chi connectivity index (χ0) is 23.3. The van der Waals surface area contributed by atoms with E-state index in [9.17, 15) is 10.1 Å². The SMILES string of the molecule is N#C[C@@H](C(=O)Nc1ccccc1)c1nc2ccccc2nc1N1CCN(c2ccccc2)CC1. The molecule has 1 amide bonds. The van der Waals surface area contributed by atoms with Crippen molar-refractivity contribution in [2.75, 3.05) is 41.3 Å². The average Bonchev–Trinajstić information content (AvgIpc) is 2.90. The molecule has 1 fully saturated rings. The molecule has 7 nitrogen and oxygen atoms in total. The maximum absolute atomic E-state index is 13.1. The smallest absolute Gasteiger partial charge is 0.248 e. The molecule has 2 heterocycles. The predicted octanol–water partition coefficient (Wildman–Crippen LogP) is 4.20. The molecule has 0 saturated carbocycles. The predicted molar refractivity (Wildman–Crippen MR) is 134 cm³/mol. The van der Waals surface area contributed by atoms with Gasteiger partial charge in [0.2, 0.25) is 5.91 Å². The van der Waals surface area contributed by atoms with Crippen molar-refractivity contribution in [3.63, 3.8) is 0 Å². The van der Waals surface area contributed by atoms with Crippen LogP contribution in [0.2, 0.25) is 0 Å². The van der Waals surface area contributed by atoms with Crippen molar-refractivity contribution in [3.05, 3.63) is 90.6 Å². The highest BCUT2D eigenvalue weighted by Crippen LogP contribution is 2.29. The van der Waals surface area contributed by atoms with E-state index in [-0.39, 0.29) is 0 Å². The minimum atomic E-state index is -1.08. The molecule has 1 aliphatic heterocycles. The molecule has 0 aliphatic carbocycles. The molecule has 168 valence electrons. The van der Waals surface area contributed by atoms with E-state index >= 15 is 0 Å². The molecule has 3 aromatic carbocycles. The van der Waals surface area contributed by atoms with Crippen LogP contribution in [0.25, 0.3) is 11.0 Å². The van der Waals surface area contributed by atoms with Gasteiger partial charge in [0.1, 0.15) is 5.69 Å². The molecule has 0 spiro atoms. The van der Waals surface area contributed by atoms with Crippen molar-refractivity contribution < 1.29 is 4.79 Å². The molecule has 1 atom stereocenters. The first kappa shape index (κ1) is 21.4. The molecule has 1 N–H and O–H groups in total. The summed E-state index contributed by atoms with van der Waals surface area (Å²) in [7, 11) is 0. The summed E-state index contributed by atoms with van der Waals surface area (Å²) in [6.45, 7) is 3.05. The quantitative estimate of drug-likeness (QED) is 0.493. The molecule has 0 radical (unpaired) electrons. The Morgan fingerprint density at radius 3 is 2.00 bits per heavy atom. The van der Waals surface area contributed by atoms with Crippen LogP contribution in [0.1, 0.15) is 11.6 Å². The number of piperazine rings is 1. The van der Waals surface area contributed by atoms with Gasteiger partial charge in [0.15, 0.2) is 11.7 Å². The third-order valence-corrected chi connectivity index (χ3v) is 5.98. The molecule has 1 aliphatic rings. The second-order valence-corrected chi connectivity index (χ2v) is 8.15. The highest BCUT2D eigenvalue weighted by atomic mass is 16.1. The van der Waals surface area contributed by atoms with Crippen LogP contribution in [-0.4, -0.2) is 42.1 Å². The van der Waals surface area contributed by atoms with Gasteiger partial charge >= 0.3 is 0 Å². The van der Waals surface area contributed by atoms with Crippen molar-refractivity contribution in [2.24, 2.45) is 0 Å². The summed E-state index contributed by atoms with van der Waals surface area (Å²) in [6.07, 6.45) is 0. The Balaban J connectivity index is 1.46. The number of rotatable bonds is 5. The Labute approximate surface area is 198 Å². The lowest BCUT2D eigenvalue weighted by atomic mass is 10.0. The lowest BCUT2D eigenvalue weighted by molar-refractivity contribution is -0.116. The fourth-order valence-corrected chi connectivity index (χ4v) is 4.23. The van der Waals surface area contributed by atoms with E-state index in [0.717, 1.165) is 18.6 Å². The third-order valence-electron chi connectivity index (χ3n) is 5.98. The molecule has 1 saturated heterocycles. The van der Waals surface area contributed by atoms with E-state index < -0.39 is 11.8 Å². The van der Waals surface area contributed by atoms with Crippen LogP contribution in [0.3, 0.4) is 0 Å². The highest BCUT2D eigenvalue weighted by molar-refractivity contribution is 5.98. The maximum atomic E-state index is 13.1. The van der Waals surface area contributed by atoms with E-state index in [2.05, 4.69) is 33.3 Å². The first-order valence-electron chi connectivity index (χ1n) is 11.3. The molecule has 4 aromatic rings. The van der Waals surface area contributed by atoms with Gasteiger partial charge in [-0.2, -0.15) is 5.26 Å². The van der Waals surface area contributed by atoms with E-state index in [1.165, 1.54) is 5.69 Å². The van der Waals surface area contributed by atoms with E-state index in [4.69, 9.17) is 9.97 Å². The monoisotopic (exact) mass is 448 g/mol. The molecule has 34 heavy (non-hydrogen) atoms. The van der Waals surface area contributed by atoms with E-state index in [1.807, 2.05) is 60.7 Å². The second-order valence-electron chi connectivity index (χ2n) is 8.15. The summed E-state index contributed by atoms with van der Waals surface area (Å²) in [5, 5.41) is 12.9. The molecule has 7 heteroatoms. The first-order chi connectivity index (χ1) is 16.7. The number of amides is 1. The minimum Gasteiger partial charge on any atom is -0.368 e. The van der Waals surface area contributed by atoms with Gasteiger partial charge < -0.3 is 15.1 Å². The number of fused-ring (bicyclic) bond motifs is 1. The number of hydrogen-bond acceptors (Lipinski definition) is 6. The molecule has 0 unspecified atom stereocenters. The lowest BCUT2D eigenvalue weighted by Crippen LogP contribution is -2.47. The number of nitrogens with one attached hydrogen (secondary N) is 1. The zero-order valence-electron chi connectivity index (χ0n) is 18.6. The van der Waals surface area contributed by atoms with Crippen molar-refractivity contribution in [1.29, 1.82) is 5.26 Å². The van der Waals surface area contributed by atoms with Crippen LogP contribution in [0.4, 0.5) is 17.2 Å². The molecular formula is C27H24N6O. The van der Waals surface area contributed by atoms with Crippen molar-refractivity contribution in [1.82, 2.24) is 9.97 Å². The Morgan fingerprint density at radius 2 is 1.35 bits per heavy atom. The largest absolute Gasteiger partial charge is 0.368 e. The summed E-state index contributed by atoms with van der Waals surface area (Å²) in [5.41, 5.74) is 3.62. The number of carbonyl (C=O) groups excluding carboxylic acids is 1. The number of anilines is 3. The van der Waals surface area contributed by atoms with Gasteiger partial charge in [-0.05, 0) is 36.4 Å². The molecule has 0 bridgehead atoms. The third kappa shape index (κ3) is 4.39. The van der Waals surface area contributed by atoms with Crippen LogP contribution >= 0.6 is 0 Å². The summed E-state index contributed by atoms with van der Waals surface area (Å²) in [5.74, 6) is -0.900. The van der Waals surface area contributed by atoms with E-state index in [1.54, 1.807) is 12.1 Å². The van der Waals surface area contributed by atoms with Gasteiger partial charge in [0.25, 0.3) is 0 Å². The van der Waals surface area contributed by atoms with Crippen molar-refractivity contribution >= 4 is 34.1 Å². The fraction of sp³-hybridized carbons (Fsp3) is 0.185. The van der Waals surface area contributed by atoms with E-state index in [0.29, 0.717) is 35.8 Å². The van der Waals surface area contributed by atoms with Crippen LogP contribution in [0.5, 0.6) is 0 Å². The molecule has 1 aromatic heterocycles. The Hall–Kier alpha value is -4.44. The minimum absolute atomic E-state index is 0.391. The normalized spacial score (nSPS) is 14.4. The summed E-state index contributed by atoms with van der Waals surface area (Å²) in [4.78, 5) is 27.2. The summed E-state index contributed by atoms with van der Waals surface area (Å²) < 4.78 is 0. The van der Waals surface area contributed by atoms with Crippen LogP contribution in [0, 0.1) is 11.3 Å². The fourth-order valence-electron chi connectivity index (χ4n) is 4.23. The number of benzene rings is 3. The number of para-hydroxylation sites is 4.